The summed E-state index contributed by atoms with van der Waals surface area (Å²) in [6.45, 7) is 0.480. The predicted octanol–water partition coefficient (Wildman–Crippen LogP) is 3.83. The van der Waals surface area contributed by atoms with E-state index in [2.05, 4.69) is 20.3 Å². The van der Waals surface area contributed by atoms with Crippen molar-refractivity contribution in [1.29, 1.82) is 0 Å². The Balaban J connectivity index is 1.49. The first kappa shape index (κ1) is 19.9. The van der Waals surface area contributed by atoms with Gasteiger partial charge in [0, 0.05) is 42.8 Å². The number of anilines is 1. The second-order valence-corrected chi connectivity index (χ2v) is 8.00. The molecule has 0 spiro atoms. The highest BCUT2D eigenvalue weighted by molar-refractivity contribution is 6.02. The maximum atomic E-state index is 12.0. The van der Waals surface area contributed by atoms with E-state index in [9.17, 15) is 4.79 Å². The molecule has 1 aliphatic rings. The third-order valence-electron chi connectivity index (χ3n) is 6.04. The van der Waals surface area contributed by atoms with Crippen molar-refractivity contribution in [1.82, 2.24) is 15.0 Å². The summed E-state index contributed by atoms with van der Waals surface area (Å²) in [5.41, 5.74) is 8.79. The van der Waals surface area contributed by atoms with Crippen molar-refractivity contribution >= 4 is 22.5 Å². The Morgan fingerprint density at radius 1 is 1.06 bits per heavy atom. The molecule has 7 nitrogen and oxygen atoms in total. The molecule has 0 bridgehead atoms. The van der Waals surface area contributed by atoms with E-state index in [0.29, 0.717) is 6.61 Å². The molecule has 0 saturated heterocycles. The summed E-state index contributed by atoms with van der Waals surface area (Å²) in [7, 11) is 1.83. The van der Waals surface area contributed by atoms with Crippen molar-refractivity contribution in [3.63, 3.8) is 0 Å². The standard InChI is InChI=1S/C25H23N5O2/c1-27-23-21-14-29-22(25(8-9-25)24(26)31)12-19(21)20(13-30-23)17-2-4-18(5-3-17)32-15-16-6-10-28-11-7-16/h2-7,10-14H,8-9,15H2,1H3,(H2,26,31)(H,27,30). The molecule has 1 saturated carbocycles. The number of hydrogen-bond donors (Lipinski definition) is 2. The Hall–Kier alpha value is -4.00. The van der Waals surface area contributed by atoms with Gasteiger partial charge in [-0.15, -0.1) is 0 Å². The summed E-state index contributed by atoms with van der Waals surface area (Å²) in [6.07, 6.45) is 8.60. The number of fused-ring (bicyclic) bond motifs is 1. The van der Waals surface area contributed by atoms with Crippen molar-refractivity contribution in [3.8, 4) is 16.9 Å². The highest BCUT2D eigenvalue weighted by atomic mass is 16.5. The van der Waals surface area contributed by atoms with Gasteiger partial charge in [-0.1, -0.05) is 12.1 Å². The van der Waals surface area contributed by atoms with E-state index < -0.39 is 5.41 Å². The monoisotopic (exact) mass is 425 g/mol. The van der Waals surface area contributed by atoms with Gasteiger partial charge in [-0.25, -0.2) is 4.98 Å². The fraction of sp³-hybridized carbons (Fsp3) is 0.200. The highest BCUT2D eigenvalue weighted by Gasteiger charge is 2.51. The Morgan fingerprint density at radius 3 is 2.47 bits per heavy atom. The normalized spacial score (nSPS) is 14.2. The highest BCUT2D eigenvalue weighted by Crippen LogP contribution is 2.48. The third-order valence-corrected chi connectivity index (χ3v) is 6.04. The fourth-order valence-corrected chi connectivity index (χ4v) is 3.96. The van der Waals surface area contributed by atoms with Crippen LogP contribution in [0.25, 0.3) is 21.9 Å². The molecule has 0 unspecified atom stereocenters. The summed E-state index contributed by atoms with van der Waals surface area (Å²) >= 11 is 0. The Morgan fingerprint density at radius 2 is 1.81 bits per heavy atom. The second kappa shape index (κ2) is 7.92. The molecule has 3 aromatic heterocycles. The van der Waals surface area contributed by atoms with Crippen molar-refractivity contribution in [3.05, 3.63) is 78.5 Å². The molecule has 1 fully saturated rings. The molecule has 0 aliphatic heterocycles. The Labute approximate surface area is 185 Å². The first-order valence-corrected chi connectivity index (χ1v) is 10.5. The molecular weight excluding hydrogens is 402 g/mol. The molecule has 5 rings (SSSR count). The van der Waals surface area contributed by atoms with Crippen LogP contribution in [0.3, 0.4) is 0 Å². The van der Waals surface area contributed by atoms with Gasteiger partial charge in [0.15, 0.2) is 0 Å². The van der Waals surface area contributed by atoms with Crippen molar-refractivity contribution < 1.29 is 9.53 Å². The number of amides is 1. The quantitative estimate of drug-likeness (QED) is 0.466. The molecule has 4 aromatic rings. The molecule has 160 valence electrons. The van der Waals surface area contributed by atoms with Gasteiger partial charge in [0.1, 0.15) is 18.2 Å². The number of pyridine rings is 3. The van der Waals surface area contributed by atoms with E-state index in [1.54, 1.807) is 18.6 Å². The molecule has 7 heteroatoms. The summed E-state index contributed by atoms with van der Waals surface area (Å²) < 4.78 is 5.89. The lowest BCUT2D eigenvalue weighted by Crippen LogP contribution is -2.29. The lowest BCUT2D eigenvalue weighted by Gasteiger charge is -2.15. The number of carbonyl (C=O) groups excluding carboxylic acids is 1. The van der Waals surface area contributed by atoms with Crippen LogP contribution in [0.15, 0.2) is 67.3 Å². The second-order valence-electron chi connectivity index (χ2n) is 8.00. The van der Waals surface area contributed by atoms with Crippen LogP contribution in [0.5, 0.6) is 5.75 Å². The van der Waals surface area contributed by atoms with Gasteiger partial charge < -0.3 is 15.8 Å². The van der Waals surface area contributed by atoms with E-state index >= 15 is 0 Å². The summed E-state index contributed by atoms with van der Waals surface area (Å²) in [4.78, 5) is 25.2. The van der Waals surface area contributed by atoms with Crippen LogP contribution in [-0.2, 0) is 16.8 Å². The summed E-state index contributed by atoms with van der Waals surface area (Å²) in [5.74, 6) is 1.20. The molecule has 3 heterocycles. The van der Waals surface area contributed by atoms with Crippen LogP contribution in [0, 0.1) is 0 Å². The van der Waals surface area contributed by atoms with Crippen LogP contribution < -0.4 is 15.8 Å². The Bertz CT molecular complexity index is 1290. The van der Waals surface area contributed by atoms with Gasteiger partial charge in [-0.05, 0) is 59.7 Å². The summed E-state index contributed by atoms with van der Waals surface area (Å²) in [6, 6.07) is 13.8. The largest absolute Gasteiger partial charge is 0.489 e. The van der Waals surface area contributed by atoms with E-state index in [4.69, 9.17) is 10.5 Å². The van der Waals surface area contributed by atoms with E-state index in [1.807, 2.05) is 55.7 Å². The molecule has 0 radical (unpaired) electrons. The molecule has 32 heavy (non-hydrogen) atoms. The molecule has 0 atom stereocenters. The number of primary amides is 1. The van der Waals surface area contributed by atoms with Gasteiger partial charge in [0.05, 0.1) is 11.1 Å². The fourth-order valence-electron chi connectivity index (χ4n) is 3.96. The third kappa shape index (κ3) is 3.51. The SMILES string of the molecule is CNc1ncc(-c2ccc(OCc3ccncc3)cc2)c2cc(C3(C(N)=O)CC3)ncc12. The summed E-state index contributed by atoms with van der Waals surface area (Å²) in [5, 5.41) is 4.99. The van der Waals surface area contributed by atoms with E-state index in [0.717, 1.165) is 57.6 Å². The average molecular weight is 425 g/mol. The first-order valence-electron chi connectivity index (χ1n) is 10.5. The number of nitrogens with one attached hydrogen (secondary N) is 1. The van der Waals surface area contributed by atoms with E-state index in [-0.39, 0.29) is 5.91 Å². The lowest BCUT2D eigenvalue weighted by atomic mass is 9.95. The number of aromatic nitrogens is 3. The molecule has 1 aliphatic carbocycles. The number of nitrogens with zero attached hydrogens (tertiary/aromatic N) is 3. The number of nitrogens with two attached hydrogens (primary N) is 1. The van der Waals surface area contributed by atoms with Crippen molar-refractivity contribution in [2.75, 3.05) is 12.4 Å². The minimum atomic E-state index is -0.640. The average Bonchev–Trinajstić information content (AvgIpc) is 3.65. The number of carbonyl (C=O) groups is 1. The van der Waals surface area contributed by atoms with Crippen LogP contribution >= 0.6 is 0 Å². The molecule has 1 amide bonds. The lowest BCUT2D eigenvalue weighted by molar-refractivity contribution is -0.120. The minimum Gasteiger partial charge on any atom is -0.489 e. The zero-order chi connectivity index (χ0) is 22.1. The van der Waals surface area contributed by atoms with Crippen LogP contribution in [0.2, 0.25) is 0 Å². The number of rotatable bonds is 7. The van der Waals surface area contributed by atoms with Crippen LogP contribution in [0.1, 0.15) is 24.1 Å². The van der Waals surface area contributed by atoms with Gasteiger partial charge in [0.2, 0.25) is 5.91 Å². The number of benzene rings is 1. The first-order chi connectivity index (χ1) is 15.6. The van der Waals surface area contributed by atoms with Crippen LogP contribution in [-0.4, -0.2) is 27.9 Å². The van der Waals surface area contributed by atoms with Crippen LogP contribution in [0.4, 0.5) is 5.82 Å². The number of hydrogen-bond acceptors (Lipinski definition) is 6. The van der Waals surface area contributed by atoms with Crippen molar-refractivity contribution in [2.24, 2.45) is 5.73 Å². The van der Waals surface area contributed by atoms with Gasteiger partial charge in [-0.2, -0.15) is 0 Å². The minimum absolute atomic E-state index is 0.315. The smallest absolute Gasteiger partial charge is 0.229 e. The molecule has 3 N–H and O–H groups in total. The van der Waals surface area contributed by atoms with E-state index in [1.165, 1.54) is 0 Å². The maximum Gasteiger partial charge on any atom is 0.229 e. The maximum absolute atomic E-state index is 12.0. The van der Waals surface area contributed by atoms with Gasteiger partial charge >= 0.3 is 0 Å². The predicted molar refractivity (Wildman–Crippen MR) is 123 cm³/mol. The molecule has 1 aromatic carbocycles. The zero-order valence-electron chi connectivity index (χ0n) is 17.7. The molecular formula is C25H23N5O2. The van der Waals surface area contributed by atoms with Gasteiger partial charge in [-0.3, -0.25) is 14.8 Å². The zero-order valence-corrected chi connectivity index (χ0v) is 17.7. The topological polar surface area (TPSA) is 103 Å². The van der Waals surface area contributed by atoms with Crippen molar-refractivity contribution in [2.45, 2.75) is 24.9 Å². The van der Waals surface area contributed by atoms with Gasteiger partial charge in [0.25, 0.3) is 0 Å². The Kier molecular flexibility index (Phi) is 4.93. The number of ether oxygens (including phenoxy) is 1.